The molecule has 7 heteroatoms. The first-order valence-electron chi connectivity index (χ1n) is 11.0. The Hall–Kier alpha value is -2.67. The fourth-order valence-corrected chi connectivity index (χ4v) is 6.34. The van der Waals surface area contributed by atoms with Gasteiger partial charge in [0.25, 0.3) is 12.3 Å². The average molecular weight is 443 g/mol. The van der Waals surface area contributed by atoms with E-state index in [1.807, 2.05) is 0 Å². The number of hydrogen-bond acceptors (Lipinski definition) is 3. The van der Waals surface area contributed by atoms with E-state index in [1.165, 1.54) is 30.3 Å². The van der Waals surface area contributed by atoms with Crippen LogP contribution in [0.3, 0.4) is 0 Å². The summed E-state index contributed by atoms with van der Waals surface area (Å²) in [5, 5.41) is 13.7. The fourth-order valence-electron chi connectivity index (χ4n) is 6.34. The predicted molar refractivity (Wildman–Crippen MR) is 111 cm³/mol. The summed E-state index contributed by atoms with van der Waals surface area (Å²) in [7, 11) is 0. The maximum absolute atomic E-state index is 14.0. The standard InChI is InChI=1S/C25H24F3NO3/c26-20-4-2-1-3-18(20)22(30)14-5-6-17(19(9-14)23(27)28)24(31)29-21-15-7-13-8-16(21)12-25(32,10-13)11-15/h1-6,9,13,15-16,21,23,32H,7-8,10-12H2,(H,29,31)/t13?,15?,16?,21-,25-. The second kappa shape index (κ2) is 7.73. The van der Waals surface area contributed by atoms with E-state index in [0.717, 1.165) is 31.4 Å². The Morgan fingerprint density at radius 2 is 1.69 bits per heavy atom. The minimum absolute atomic E-state index is 0.0983. The molecule has 0 radical (unpaired) electrons. The van der Waals surface area contributed by atoms with Gasteiger partial charge in [0, 0.05) is 22.7 Å². The van der Waals surface area contributed by atoms with Crippen molar-refractivity contribution in [2.24, 2.45) is 17.8 Å². The van der Waals surface area contributed by atoms with Crippen LogP contribution >= 0.6 is 0 Å². The zero-order valence-corrected chi connectivity index (χ0v) is 17.4. The molecule has 4 aliphatic carbocycles. The third-order valence-electron chi connectivity index (χ3n) is 7.45. The van der Waals surface area contributed by atoms with Crippen LogP contribution in [0.1, 0.15) is 70.4 Å². The normalized spacial score (nSPS) is 30.5. The molecule has 4 saturated carbocycles. The largest absolute Gasteiger partial charge is 0.390 e. The molecule has 4 fully saturated rings. The van der Waals surface area contributed by atoms with Gasteiger partial charge < -0.3 is 10.4 Å². The first kappa shape index (κ1) is 21.2. The maximum atomic E-state index is 14.0. The van der Waals surface area contributed by atoms with Crippen LogP contribution in [0.4, 0.5) is 13.2 Å². The van der Waals surface area contributed by atoms with E-state index in [0.29, 0.717) is 18.8 Å². The third kappa shape index (κ3) is 3.62. The lowest BCUT2D eigenvalue weighted by atomic mass is 9.52. The quantitative estimate of drug-likeness (QED) is 0.661. The molecule has 1 amide bonds. The average Bonchev–Trinajstić information content (AvgIpc) is 2.74. The van der Waals surface area contributed by atoms with Crippen molar-refractivity contribution in [3.8, 4) is 0 Å². The number of rotatable bonds is 5. The van der Waals surface area contributed by atoms with Crippen molar-refractivity contribution < 1.29 is 27.9 Å². The van der Waals surface area contributed by atoms with Gasteiger partial charge in [-0.3, -0.25) is 9.59 Å². The number of carbonyl (C=O) groups is 2. The van der Waals surface area contributed by atoms with Gasteiger partial charge in [0.15, 0.2) is 5.78 Å². The SMILES string of the molecule is O=C(c1ccc(C(=O)N[C@H]2C3CC4CC2C[C@](O)(C4)C3)c(C(F)F)c1)c1ccccc1F. The molecule has 0 aromatic heterocycles. The van der Waals surface area contributed by atoms with Gasteiger partial charge in [-0.1, -0.05) is 18.2 Å². The van der Waals surface area contributed by atoms with Gasteiger partial charge in [-0.15, -0.1) is 0 Å². The number of aliphatic hydroxyl groups is 1. The minimum atomic E-state index is -2.97. The molecule has 2 aromatic carbocycles. The zero-order chi connectivity index (χ0) is 22.6. The highest BCUT2D eigenvalue weighted by Gasteiger charge is 2.55. The summed E-state index contributed by atoms with van der Waals surface area (Å²) in [5.74, 6) is -1.30. The number of carbonyl (C=O) groups excluding carboxylic acids is 2. The molecule has 4 aliphatic rings. The number of alkyl halides is 2. The molecule has 0 spiro atoms. The third-order valence-corrected chi connectivity index (χ3v) is 7.45. The second-order valence-electron chi connectivity index (χ2n) is 9.61. The first-order chi connectivity index (χ1) is 15.2. The van der Waals surface area contributed by atoms with Gasteiger partial charge in [0.2, 0.25) is 0 Å². The Bertz CT molecular complexity index is 1070. The number of hydrogen-bond donors (Lipinski definition) is 2. The smallest absolute Gasteiger partial charge is 0.264 e. The summed E-state index contributed by atoms with van der Waals surface area (Å²) in [6, 6.07) is 8.69. The number of nitrogens with one attached hydrogen (secondary N) is 1. The second-order valence-corrected chi connectivity index (χ2v) is 9.61. The molecule has 2 N–H and O–H groups in total. The Labute approximate surface area is 183 Å². The van der Waals surface area contributed by atoms with E-state index >= 15 is 0 Å². The van der Waals surface area contributed by atoms with Crippen molar-refractivity contribution in [2.75, 3.05) is 0 Å². The predicted octanol–water partition coefficient (Wildman–Crippen LogP) is 4.66. The Morgan fingerprint density at radius 1 is 1.00 bits per heavy atom. The van der Waals surface area contributed by atoms with Crippen LogP contribution in [0.5, 0.6) is 0 Å². The molecule has 4 bridgehead atoms. The van der Waals surface area contributed by atoms with E-state index in [1.54, 1.807) is 0 Å². The van der Waals surface area contributed by atoms with Crippen molar-refractivity contribution >= 4 is 11.7 Å². The summed E-state index contributed by atoms with van der Waals surface area (Å²) < 4.78 is 41.6. The lowest BCUT2D eigenvalue weighted by molar-refractivity contribution is -0.136. The van der Waals surface area contributed by atoms with Crippen molar-refractivity contribution in [3.05, 3.63) is 70.5 Å². The molecule has 6 rings (SSSR count). The molecule has 2 aromatic rings. The van der Waals surface area contributed by atoms with Gasteiger partial charge in [-0.05, 0) is 74.1 Å². The number of benzene rings is 2. The summed E-state index contributed by atoms with van der Waals surface area (Å²) in [4.78, 5) is 25.6. The molecule has 0 aliphatic heterocycles. The summed E-state index contributed by atoms with van der Waals surface area (Å²) in [6.45, 7) is 0. The van der Waals surface area contributed by atoms with Crippen LogP contribution in [-0.4, -0.2) is 28.4 Å². The molecule has 0 heterocycles. The molecule has 168 valence electrons. The zero-order valence-electron chi connectivity index (χ0n) is 17.4. The van der Waals surface area contributed by atoms with Crippen molar-refractivity contribution in [3.63, 3.8) is 0 Å². The van der Waals surface area contributed by atoms with Crippen molar-refractivity contribution in [1.29, 1.82) is 0 Å². The Morgan fingerprint density at radius 3 is 2.31 bits per heavy atom. The summed E-state index contributed by atoms with van der Waals surface area (Å²) in [6.07, 6.45) is 0.964. The highest BCUT2D eigenvalue weighted by atomic mass is 19.3. The van der Waals surface area contributed by atoms with E-state index in [-0.39, 0.29) is 34.6 Å². The van der Waals surface area contributed by atoms with Gasteiger partial charge in [0.1, 0.15) is 5.82 Å². The highest BCUT2D eigenvalue weighted by molar-refractivity contribution is 6.10. The molecule has 4 nitrogen and oxygen atoms in total. The van der Waals surface area contributed by atoms with E-state index < -0.39 is 35.1 Å². The maximum Gasteiger partial charge on any atom is 0.264 e. The molecule has 2 unspecified atom stereocenters. The number of ketones is 1. The van der Waals surface area contributed by atoms with Gasteiger partial charge >= 0.3 is 0 Å². The van der Waals surface area contributed by atoms with Crippen LogP contribution in [0.25, 0.3) is 0 Å². The monoisotopic (exact) mass is 443 g/mol. The number of halogens is 3. The Kier molecular flexibility index (Phi) is 5.12. The fraction of sp³-hybridized carbons (Fsp3) is 0.440. The van der Waals surface area contributed by atoms with Crippen molar-refractivity contribution in [1.82, 2.24) is 5.32 Å². The van der Waals surface area contributed by atoms with Gasteiger partial charge in [-0.2, -0.15) is 0 Å². The van der Waals surface area contributed by atoms with Crippen LogP contribution in [0.2, 0.25) is 0 Å². The molecular weight excluding hydrogens is 419 g/mol. The lowest BCUT2D eigenvalue weighted by Gasteiger charge is -2.58. The van der Waals surface area contributed by atoms with Crippen LogP contribution in [0.15, 0.2) is 42.5 Å². The van der Waals surface area contributed by atoms with E-state index in [2.05, 4.69) is 5.32 Å². The van der Waals surface area contributed by atoms with Crippen LogP contribution < -0.4 is 5.32 Å². The summed E-state index contributed by atoms with van der Waals surface area (Å²) >= 11 is 0. The Balaban J connectivity index is 1.39. The first-order valence-corrected chi connectivity index (χ1v) is 11.0. The molecule has 0 saturated heterocycles. The lowest BCUT2D eigenvalue weighted by Crippen LogP contribution is -2.61. The van der Waals surface area contributed by atoms with E-state index in [4.69, 9.17) is 0 Å². The topological polar surface area (TPSA) is 66.4 Å². The number of amides is 1. The van der Waals surface area contributed by atoms with Crippen LogP contribution in [-0.2, 0) is 0 Å². The van der Waals surface area contributed by atoms with Crippen LogP contribution in [0, 0.1) is 23.6 Å². The van der Waals surface area contributed by atoms with Gasteiger partial charge in [0.05, 0.1) is 11.2 Å². The van der Waals surface area contributed by atoms with Crippen molar-refractivity contribution in [2.45, 2.75) is 50.2 Å². The molecule has 32 heavy (non-hydrogen) atoms. The molecular formula is C25H24F3NO3. The summed E-state index contributed by atoms with van der Waals surface area (Å²) in [5.41, 5.74) is -1.69. The van der Waals surface area contributed by atoms with E-state index in [9.17, 15) is 27.9 Å². The highest BCUT2D eigenvalue weighted by Crippen LogP contribution is 2.55. The minimum Gasteiger partial charge on any atom is -0.390 e. The van der Waals surface area contributed by atoms with Gasteiger partial charge in [-0.25, -0.2) is 13.2 Å². The molecule has 2 atom stereocenters.